The Morgan fingerprint density at radius 1 is 1.16 bits per heavy atom. The second-order valence-electron chi connectivity index (χ2n) is 8.15. The van der Waals surface area contributed by atoms with Crippen molar-refractivity contribution >= 4 is 23.3 Å². The maximum Gasteiger partial charge on any atom is 0.335 e. The second-order valence-corrected chi connectivity index (χ2v) is 8.54. The van der Waals surface area contributed by atoms with Crippen LogP contribution in [-0.2, 0) is 13.0 Å². The van der Waals surface area contributed by atoms with Crippen LogP contribution in [0, 0.1) is 0 Å². The molecule has 7 heteroatoms. The molecule has 1 aromatic carbocycles. The molecule has 3 aromatic rings. The molecule has 0 spiro atoms. The van der Waals surface area contributed by atoms with Crippen LogP contribution < -0.4 is 4.90 Å². The number of carboxylic acid groups (broad SMARTS) is 1. The molecule has 1 fully saturated rings. The van der Waals surface area contributed by atoms with Crippen LogP contribution in [0.1, 0.15) is 27.9 Å². The first-order valence-electron chi connectivity index (χ1n) is 10.5. The van der Waals surface area contributed by atoms with Crippen molar-refractivity contribution in [3.05, 3.63) is 76.7 Å². The molecular weight excluding hydrogens is 412 g/mol. The molecule has 2 aliphatic rings. The van der Waals surface area contributed by atoms with Crippen LogP contribution in [0.2, 0.25) is 5.15 Å². The van der Waals surface area contributed by atoms with Gasteiger partial charge in [-0.15, -0.1) is 0 Å². The number of aromatic carboxylic acids is 1. The van der Waals surface area contributed by atoms with E-state index in [1.165, 1.54) is 11.3 Å². The number of nitrogens with zero attached hydrogens (tertiary/aromatic N) is 4. The van der Waals surface area contributed by atoms with Gasteiger partial charge in [0.1, 0.15) is 5.15 Å². The zero-order valence-electron chi connectivity index (χ0n) is 17.0. The first-order chi connectivity index (χ1) is 15.1. The molecule has 0 radical (unpaired) electrons. The van der Waals surface area contributed by atoms with Gasteiger partial charge in [-0.3, -0.25) is 9.88 Å². The molecular formula is C24H23ClN4O2. The standard InChI is InChI=1S/C24H23ClN4O2/c25-22-8-5-18(13-27-22)23-19(2-1-9-26-23)14-28-10-11-29-20(15-28)6-3-16-12-17(24(30)31)4-7-21(16)29/h1-2,4-5,7-9,12-13,20H,3,6,10-11,14-15H2,(H,30,31)/t20-/m0/s1. The number of aryl methyl sites for hydroxylation is 1. The van der Waals surface area contributed by atoms with E-state index < -0.39 is 5.97 Å². The molecule has 4 heterocycles. The summed E-state index contributed by atoms with van der Waals surface area (Å²) in [5, 5.41) is 9.75. The summed E-state index contributed by atoms with van der Waals surface area (Å²) in [6.45, 7) is 3.69. The van der Waals surface area contributed by atoms with E-state index >= 15 is 0 Å². The van der Waals surface area contributed by atoms with Crippen molar-refractivity contribution in [3.63, 3.8) is 0 Å². The van der Waals surface area contributed by atoms with Gasteiger partial charge in [-0.1, -0.05) is 17.7 Å². The largest absolute Gasteiger partial charge is 0.478 e. The molecule has 2 aliphatic heterocycles. The van der Waals surface area contributed by atoms with Gasteiger partial charge in [-0.05, 0) is 60.4 Å². The topological polar surface area (TPSA) is 69.6 Å². The molecule has 0 aliphatic carbocycles. The lowest BCUT2D eigenvalue weighted by Crippen LogP contribution is -2.54. The van der Waals surface area contributed by atoms with Crippen LogP contribution in [0.5, 0.6) is 0 Å². The van der Waals surface area contributed by atoms with Crippen LogP contribution in [0.3, 0.4) is 0 Å². The number of pyridine rings is 2. The van der Waals surface area contributed by atoms with E-state index in [2.05, 4.69) is 25.8 Å². The van der Waals surface area contributed by atoms with E-state index in [1.807, 2.05) is 30.5 Å². The third-order valence-electron chi connectivity index (χ3n) is 6.24. The number of rotatable bonds is 4. The highest BCUT2D eigenvalue weighted by atomic mass is 35.5. The zero-order chi connectivity index (χ0) is 21.4. The molecule has 1 saturated heterocycles. The van der Waals surface area contributed by atoms with Gasteiger partial charge < -0.3 is 10.0 Å². The fourth-order valence-corrected chi connectivity index (χ4v) is 4.84. The number of hydrogen-bond acceptors (Lipinski definition) is 5. The monoisotopic (exact) mass is 434 g/mol. The van der Waals surface area contributed by atoms with Gasteiger partial charge in [0, 0.05) is 55.9 Å². The fourth-order valence-electron chi connectivity index (χ4n) is 4.73. The third kappa shape index (κ3) is 4.01. The van der Waals surface area contributed by atoms with Crippen molar-refractivity contribution in [1.29, 1.82) is 0 Å². The Bertz CT molecular complexity index is 1120. The highest BCUT2D eigenvalue weighted by molar-refractivity contribution is 6.29. The molecule has 31 heavy (non-hydrogen) atoms. The van der Waals surface area contributed by atoms with Crippen molar-refractivity contribution in [3.8, 4) is 11.3 Å². The normalized spacial score (nSPS) is 18.4. The summed E-state index contributed by atoms with van der Waals surface area (Å²) in [5.74, 6) is -0.863. The summed E-state index contributed by atoms with van der Waals surface area (Å²) in [4.78, 5) is 25.1. The number of piperazine rings is 1. The van der Waals surface area contributed by atoms with E-state index in [-0.39, 0.29) is 0 Å². The molecule has 6 nitrogen and oxygen atoms in total. The van der Waals surface area contributed by atoms with Gasteiger partial charge in [-0.2, -0.15) is 0 Å². The van der Waals surface area contributed by atoms with E-state index in [1.54, 1.807) is 18.3 Å². The van der Waals surface area contributed by atoms with Crippen LogP contribution >= 0.6 is 11.6 Å². The first kappa shape index (κ1) is 20.0. The maximum absolute atomic E-state index is 11.3. The van der Waals surface area contributed by atoms with Gasteiger partial charge in [-0.25, -0.2) is 9.78 Å². The van der Waals surface area contributed by atoms with Gasteiger partial charge in [0.15, 0.2) is 0 Å². The lowest BCUT2D eigenvalue weighted by molar-refractivity contribution is 0.0696. The molecule has 1 atom stereocenters. The highest BCUT2D eigenvalue weighted by Crippen LogP contribution is 2.34. The number of fused-ring (bicyclic) bond motifs is 3. The smallest absolute Gasteiger partial charge is 0.335 e. The van der Waals surface area contributed by atoms with E-state index in [4.69, 9.17) is 11.6 Å². The minimum atomic E-state index is -0.863. The van der Waals surface area contributed by atoms with Crippen molar-refractivity contribution in [2.24, 2.45) is 0 Å². The van der Waals surface area contributed by atoms with Crippen molar-refractivity contribution in [2.45, 2.75) is 25.4 Å². The van der Waals surface area contributed by atoms with Crippen LogP contribution in [0.15, 0.2) is 54.9 Å². The number of aromatic nitrogens is 2. The Labute approximate surface area is 186 Å². The van der Waals surface area contributed by atoms with Crippen molar-refractivity contribution in [1.82, 2.24) is 14.9 Å². The number of halogens is 1. The number of carbonyl (C=O) groups is 1. The second kappa shape index (κ2) is 8.29. The number of benzene rings is 1. The Kier molecular flexibility index (Phi) is 5.34. The van der Waals surface area contributed by atoms with Crippen LogP contribution in [0.4, 0.5) is 5.69 Å². The Morgan fingerprint density at radius 3 is 2.87 bits per heavy atom. The zero-order valence-corrected chi connectivity index (χ0v) is 17.8. The first-order valence-corrected chi connectivity index (χ1v) is 10.9. The van der Waals surface area contributed by atoms with Gasteiger partial charge in [0.2, 0.25) is 0 Å². The molecule has 0 amide bonds. The quantitative estimate of drug-likeness (QED) is 0.622. The summed E-state index contributed by atoms with van der Waals surface area (Å²) in [6, 6.07) is 13.8. The molecule has 2 aromatic heterocycles. The van der Waals surface area contributed by atoms with E-state index in [0.717, 1.165) is 55.8 Å². The molecule has 0 unspecified atom stereocenters. The fraction of sp³-hybridized carbons (Fsp3) is 0.292. The SMILES string of the molecule is O=C(O)c1ccc2c(c1)CC[C@H]1CN(Cc3cccnc3-c3ccc(Cl)nc3)CCN21. The molecule has 0 saturated carbocycles. The summed E-state index contributed by atoms with van der Waals surface area (Å²) in [6.07, 6.45) is 5.54. The lowest BCUT2D eigenvalue weighted by Gasteiger charge is -2.46. The van der Waals surface area contributed by atoms with E-state index in [9.17, 15) is 9.90 Å². The highest BCUT2D eigenvalue weighted by Gasteiger charge is 2.32. The third-order valence-corrected chi connectivity index (χ3v) is 6.46. The number of carboxylic acids is 1. The minimum absolute atomic E-state index is 0.372. The van der Waals surface area contributed by atoms with Gasteiger partial charge in [0.05, 0.1) is 11.3 Å². The predicted molar refractivity (Wildman–Crippen MR) is 121 cm³/mol. The Balaban J connectivity index is 1.33. The Morgan fingerprint density at radius 2 is 2.06 bits per heavy atom. The molecule has 5 rings (SSSR count). The lowest BCUT2D eigenvalue weighted by atomic mass is 9.92. The Hall–Kier alpha value is -2.96. The maximum atomic E-state index is 11.3. The van der Waals surface area contributed by atoms with Crippen molar-refractivity contribution < 1.29 is 9.90 Å². The van der Waals surface area contributed by atoms with Gasteiger partial charge in [0.25, 0.3) is 0 Å². The van der Waals surface area contributed by atoms with Crippen LogP contribution in [0.25, 0.3) is 11.3 Å². The average molecular weight is 435 g/mol. The predicted octanol–water partition coefficient (Wildman–Crippen LogP) is 4.13. The summed E-state index contributed by atoms with van der Waals surface area (Å²) in [5.41, 5.74) is 5.81. The molecule has 1 N–H and O–H groups in total. The molecule has 158 valence electrons. The summed E-state index contributed by atoms with van der Waals surface area (Å²) < 4.78 is 0. The van der Waals surface area contributed by atoms with E-state index in [0.29, 0.717) is 16.8 Å². The minimum Gasteiger partial charge on any atom is -0.478 e. The number of hydrogen-bond donors (Lipinski definition) is 1. The number of anilines is 1. The average Bonchev–Trinajstić information content (AvgIpc) is 2.79. The van der Waals surface area contributed by atoms with Crippen molar-refractivity contribution in [2.75, 3.05) is 24.5 Å². The van der Waals surface area contributed by atoms with Gasteiger partial charge >= 0.3 is 5.97 Å². The molecule has 0 bridgehead atoms. The summed E-state index contributed by atoms with van der Waals surface area (Å²) >= 11 is 5.95. The van der Waals surface area contributed by atoms with Crippen LogP contribution in [-0.4, -0.2) is 51.6 Å². The summed E-state index contributed by atoms with van der Waals surface area (Å²) in [7, 11) is 0.